The standard InChI is InChI=1S/C18H25NO5/c1-13-9-15(11-16(10-13)18(21)22)17(20)19-5-2-6-24-12-14-3-7-23-8-4-14/h9-11,14H,2-8,12H2,1H3,(H,19,20)(H,21,22). The Bertz CT molecular complexity index is 567. The van der Waals surface area contributed by atoms with Gasteiger partial charge in [0.1, 0.15) is 0 Å². The molecule has 1 heterocycles. The predicted molar refractivity (Wildman–Crippen MR) is 89.5 cm³/mol. The molecule has 1 saturated heterocycles. The van der Waals surface area contributed by atoms with Crippen LogP contribution in [0.1, 0.15) is 45.5 Å². The van der Waals surface area contributed by atoms with Crippen LogP contribution in [0.25, 0.3) is 0 Å². The van der Waals surface area contributed by atoms with Crippen molar-refractivity contribution in [3.05, 3.63) is 34.9 Å². The average Bonchev–Trinajstić information content (AvgIpc) is 2.58. The maximum Gasteiger partial charge on any atom is 0.335 e. The fraction of sp³-hybridized carbons (Fsp3) is 0.556. The lowest BCUT2D eigenvalue weighted by Gasteiger charge is -2.21. The van der Waals surface area contributed by atoms with Crippen molar-refractivity contribution in [3.63, 3.8) is 0 Å². The first-order chi connectivity index (χ1) is 11.6. The summed E-state index contributed by atoms with van der Waals surface area (Å²) in [5.74, 6) is -0.713. The highest BCUT2D eigenvalue weighted by Crippen LogP contribution is 2.14. The molecule has 1 amide bonds. The molecule has 0 aromatic heterocycles. The van der Waals surface area contributed by atoms with Gasteiger partial charge in [0.2, 0.25) is 0 Å². The number of nitrogens with one attached hydrogen (secondary N) is 1. The van der Waals surface area contributed by atoms with E-state index in [1.807, 2.05) is 0 Å². The number of benzene rings is 1. The second-order valence-corrected chi connectivity index (χ2v) is 6.13. The fourth-order valence-corrected chi connectivity index (χ4v) is 2.68. The number of amides is 1. The maximum absolute atomic E-state index is 12.1. The molecule has 6 nitrogen and oxygen atoms in total. The van der Waals surface area contributed by atoms with E-state index in [4.69, 9.17) is 14.6 Å². The third-order valence-corrected chi connectivity index (χ3v) is 4.03. The van der Waals surface area contributed by atoms with Gasteiger partial charge < -0.3 is 19.9 Å². The van der Waals surface area contributed by atoms with E-state index >= 15 is 0 Å². The van der Waals surface area contributed by atoms with Gasteiger partial charge in [-0.25, -0.2) is 4.79 Å². The van der Waals surface area contributed by atoms with E-state index in [9.17, 15) is 9.59 Å². The van der Waals surface area contributed by atoms with Gasteiger partial charge in [0, 0.05) is 38.5 Å². The summed E-state index contributed by atoms with van der Waals surface area (Å²) in [5.41, 5.74) is 1.25. The van der Waals surface area contributed by atoms with Crippen LogP contribution in [0, 0.1) is 12.8 Å². The van der Waals surface area contributed by atoms with E-state index in [-0.39, 0.29) is 11.5 Å². The number of ether oxygens (including phenoxy) is 2. The molecule has 1 aromatic carbocycles. The van der Waals surface area contributed by atoms with Crippen molar-refractivity contribution in [2.45, 2.75) is 26.2 Å². The zero-order chi connectivity index (χ0) is 17.4. The molecule has 0 saturated carbocycles. The van der Waals surface area contributed by atoms with Crippen LogP contribution in [0.5, 0.6) is 0 Å². The van der Waals surface area contributed by atoms with Crippen LogP contribution < -0.4 is 5.32 Å². The quantitative estimate of drug-likeness (QED) is 0.712. The number of rotatable bonds is 8. The van der Waals surface area contributed by atoms with E-state index < -0.39 is 5.97 Å². The van der Waals surface area contributed by atoms with Gasteiger partial charge in [0.05, 0.1) is 5.56 Å². The normalized spacial score (nSPS) is 15.2. The number of carboxylic acids is 1. The molecule has 1 aliphatic heterocycles. The first kappa shape index (κ1) is 18.4. The summed E-state index contributed by atoms with van der Waals surface area (Å²) in [6, 6.07) is 4.62. The van der Waals surface area contributed by atoms with Gasteiger partial charge in [-0.05, 0) is 55.9 Å². The van der Waals surface area contributed by atoms with E-state index in [1.165, 1.54) is 6.07 Å². The fourth-order valence-electron chi connectivity index (χ4n) is 2.68. The Morgan fingerprint density at radius 2 is 1.96 bits per heavy atom. The summed E-state index contributed by atoms with van der Waals surface area (Å²) >= 11 is 0. The minimum atomic E-state index is -1.03. The highest BCUT2D eigenvalue weighted by molar-refractivity contribution is 5.97. The SMILES string of the molecule is Cc1cc(C(=O)O)cc(C(=O)NCCCOCC2CCOCC2)c1. The van der Waals surface area contributed by atoms with Crippen LogP contribution in [0.15, 0.2) is 18.2 Å². The number of carbonyl (C=O) groups is 2. The lowest BCUT2D eigenvalue weighted by molar-refractivity contribution is 0.0202. The molecule has 0 spiro atoms. The molecule has 2 rings (SSSR count). The smallest absolute Gasteiger partial charge is 0.335 e. The molecule has 1 aromatic rings. The lowest BCUT2D eigenvalue weighted by atomic mass is 10.0. The van der Waals surface area contributed by atoms with Gasteiger partial charge in [-0.2, -0.15) is 0 Å². The summed E-state index contributed by atoms with van der Waals surface area (Å²) in [6.07, 6.45) is 2.83. The van der Waals surface area contributed by atoms with Crippen molar-refractivity contribution in [3.8, 4) is 0 Å². The Morgan fingerprint density at radius 1 is 1.25 bits per heavy atom. The van der Waals surface area contributed by atoms with Gasteiger partial charge in [-0.3, -0.25) is 4.79 Å². The van der Waals surface area contributed by atoms with Gasteiger partial charge >= 0.3 is 5.97 Å². The van der Waals surface area contributed by atoms with Crippen LogP contribution in [-0.4, -0.2) is 50.0 Å². The number of hydrogen-bond donors (Lipinski definition) is 2. The second kappa shape index (κ2) is 9.39. The average molecular weight is 335 g/mol. The third kappa shape index (κ3) is 5.94. The number of aryl methyl sites for hydroxylation is 1. The molecule has 0 unspecified atom stereocenters. The third-order valence-electron chi connectivity index (χ3n) is 4.03. The van der Waals surface area contributed by atoms with Crippen LogP contribution in [-0.2, 0) is 9.47 Å². The minimum Gasteiger partial charge on any atom is -0.478 e. The molecular weight excluding hydrogens is 310 g/mol. The summed E-state index contributed by atoms with van der Waals surface area (Å²) in [6.45, 7) is 5.26. The van der Waals surface area contributed by atoms with Gasteiger partial charge in [-0.1, -0.05) is 0 Å². The summed E-state index contributed by atoms with van der Waals surface area (Å²) in [4.78, 5) is 23.1. The zero-order valence-corrected chi connectivity index (χ0v) is 14.0. The number of carboxylic acid groups (broad SMARTS) is 1. The molecule has 1 fully saturated rings. The predicted octanol–water partition coefficient (Wildman–Crippen LogP) is 2.26. The highest BCUT2D eigenvalue weighted by atomic mass is 16.5. The highest BCUT2D eigenvalue weighted by Gasteiger charge is 2.14. The van der Waals surface area contributed by atoms with E-state index in [0.717, 1.165) is 44.6 Å². The van der Waals surface area contributed by atoms with Crippen LogP contribution >= 0.6 is 0 Å². The van der Waals surface area contributed by atoms with Crippen molar-refractivity contribution >= 4 is 11.9 Å². The summed E-state index contributed by atoms with van der Waals surface area (Å²) in [7, 11) is 0. The number of carbonyl (C=O) groups excluding carboxylic acids is 1. The van der Waals surface area contributed by atoms with Crippen molar-refractivity contribution in [1.82, 2.24) is 5.32 Å². The van der Waals surface area contributed by atoms with E-state index in [1.54, 1.807) is 19.1 Å². The molecular formula is C18H25NO5. The molecule has 24 heavy (non-hydrogen) atoms. The first-order valence-corrected chi connectivity index (χ1v) is 8.35. The van der Waals surface area contributed by atoms with Crippen LogP contribution in [0.2, 0.25) is 0 Å². The molecule has 132 valence electrons. The molecule has 0 aliphatic carbocycles. The molecule has 1 aliphatic rings. The van der Waals surface area contributed by atoms with E-state index in [2.05, 4.69) is 5.32 Å². The summed E-state index contributed by atoms with van der Waals surface area (Å²) < 4.78 is 11.0. The second-order valence-electron chi connectivity index (χ2n) is 6.13. The first-order valence-electron chi connectivity index (χ1n) is 8.35. The maximum atomic E-state index is 12.1. The van der Waals surface area contributed by atoms with Gasteiger partial charge in [0.15, 0.2) is 0 Å². The molecule has 0 atom stereocenters. The minimum absolute atomic E-state index is 0.125. The Balaban J connectivity index is 1.67. The summed E-state index contributed by atoms with van der Waals surface area (Å²) in [5, 5.41) is 11.8. The largest absolute Gasteiger partial charge is 0.478 e. The van der Waals surface area contributed by atoms with Gasteiger partial charge in [-0.15, -0.1) is 0 Å². The molecule has 2 N–H and O–H groups in total. The topological polar surface area (TPSA) is 84.9 Å². The van der Waals surface area contributed by atoms with Crippen LogP contribution in [0.3, 0.4) is 0 Å². The van der Waals surface area contributed by atoms with Gasteiger partial charge in [0.25, 0.3) is 5.91 Å². The van der Waals surface area contributed by atoms with Crippen LogP contribution in [0.4, 0.5) is 0 Å². The molecule has 0 radical (unpaired) electrons. The van der Waals surface area contributed by atoms with Crippen molar-refractivity contribution in [1.29, 1.82) is 0 Å². The lowest BCUT2D eigenvalue weighted by Crippen LogP contribution is -2.26. The Labute approximate surface area is 142 Å². The molecule has 0 bridgehead atoms. The Morgan fingerprint density at radius 3 is 2.67 bits per heavy atom. The van der Waals surface area contributed by atoms with Crippen molar-refractivity contribution in [2.75, 3.05) is 33.0 Å². The monoisotopic (exact) mass is 335 g/mol. The Hall–Kier alpha value is -1.92. The number of aromatic carboxylic acids is 1. The number of hydrogen-bond acceptors (Lipinski definition) is 4. The van der Waals surface area contributed by atoms with E-state index in [0.29, 0.717) is 24.6 Å². The van der Waals surface area contributed by atoms with Crippen molar-refractivity contribution in [2.24, 2.45) is 5.92 Å². The van der Waals surface area contributed by atoms with Crippen molar-refractivity contribution < 1.29 is 24.2 Å². The molecule has 6 heteroatoms. The zero-order valence-electron chi connectivity index (χ0n) is 14.0. The Kier molecular flexibility index (Phi) is 7.21.